The number of imide groups is 1. The third kappa shape index (κ3) is 5.58. The number of aromatic nitrogens is 2. The maximum Gasteiger partial charge on any atom is 0.275 e. The zero-order valence-electron chi connectivity index (χ0n) is 23.3. The fourth-order valence-electron chi connectivity index (χ4n) is 6.31. The fraction of sp³-hybridized carbons (Fsp3) is 0.433. The largest absolute Gasteiger partial charge is 0.369 e. The molecule has 1 aromatic heterocycles. The number of primary amides is 1. The third-order valence-corrected chi connectivity index (χ3v) is 8.74. The molecular formula is C30H34FN7O4. The summed E-state index contributed by atoms with van der Waals surface area (Å²) in [4.78, 5) is 55.0. The number of carbonyl (C=O) groups excluding carboxylic acids is 3. The van der Waals surface area contributed by atoms with Gasteiger partial charge in [0.05, 0.1) is 17.3 Å². The van der Waals surface area contributed by atoms with Gasteiger partial charge in [-0.25, -0.2) is 9.07 Å². The molecule has 3 fully saturated rings. The van der Waals surface area contributed by atoms with E-state index in [0.717, 1.165) is 69.7 Å². The van der Waals surface area contributed by atoms with Crippen molar-refractivity contribution in [1.29, 1.82) is 0 Å². The predicted octanol–water partition coefficient (Wildman–Crippen LogP) is 1.65. The van der Waals surface area contributed by atoms with Gasteiger partial charge in [-0.05, 0) is 61.6 Å². The second-order valence-corrected chi connectivity index (χ2v) is 11.4. The number of piperidine rings is 2. The van der Waals surface area contributed by atoms with Crippen LogP contribution in [0.5, 0.6) is 0 Å². The average molecular weight is 576 g/mol. The first-order valence-electron chi connectivity index (χ1n) is 14.4. The summed E-state index contributed by atoms with van der Waals surface area (Å²) in [6.07, 6.45) is 4.01. The van der Waals surface area contributed by atoms with Gasteiger partial charge in [-0.3, -0.25) is 29.4 Å². The molecule has 0 bridgehead atoms. The van der Waals surface area contributed by atoms with E-state index in [2.05, 4.69) is 20.2 Å². The number of amides is 3. The molecule has 3 saturated heterocycles. The molecule has 1 atom stereocenters. The number of piperazine rings is 1. The normalized spacial score (nSPS) is 20.6. The number of fused-ring (bicyclic) bond motifs is 1. The molecule has 2 aromatic carbocycles. The number of rotatable bonds is 6. The lowest BCUT2D eigenvalue weighted by molar-refractivity contribution is -0.136. The minimum absolute atomic E-state index is 0.179. The number of nitrogens with one attached hydrogen (secondary N) is 1. The van der Waals surface area contributed by atoms with Crippen LogP contribution in [0.25, 0.3) is 10.8 Å². The second-order valence-electron chi connectivity index (χ2n) is 11.4. The minimum atomic E-state index is -0.782. The van der Waals surface area contributed by atoms with Crippen LogP contribution in [0.3, 0.4) is 0 Å². The number of anilines is 2. The number of carbonyl (C=O) groups is 3. The molecular weight excluding hydrogens is 541 g/mol. The SMILES string of the molecule is NC(=O)c1ccc(N2CCC(CN3CCN(c4ccc5c(=O)n([C@@H]6CCC(=O)NC6=O)ncc5c4)CC3)CC2)c(F)c1. The molecule has 11 nitrogen and oxygen atoms in total. The smallest absolute Gasteiger partial charge is 0.275 e. The molecule has 0 saturated carbocycles. The van der Waals surface area contributed by atoms with Crippen LogP contribution < -0.4 is 26.4 Å². The van der Waals surface area contributed by atoms with Gasteiger partial charge in [0.15, 0.2) is 0 Å². The highest BCUT2D eigenvalue weighted by Crippen LogP contribution is 2.28. The van der Waals surface area contributed by atoms with Crippen molar-refractivity contribution in [1.82, 2.24) is 20.0 Å². The highest BCUT2D eigenvalue weighted by molar-refractivity contribution is 5.99. The first kappa shape index (κ1) is 27.8. The summed E-state index contributed by atoms with van der Waals surface area (Å²) in [7, 11) is 0. The van der Waals surface area contributed by atoms with Crippen LogP contribution >= 0.6 is 0 Å². The summed E-state index contributed by atoms with van der Waals surface area (Å²) in [5.41, 5.74) is 6.65. The molecule has 3 amide bonds. The van der Waals surface area contributed by atoms with E-state index < -0.39 is 23.7 Å². The number of benzene rings is 2. The summed E-state index contributed by atoms with van der Waals surface area (Å²) >= 11 is 0. The van der Waals surface area contributed by atoms with E-state index in [4.69, 9.17) is 5.73 Å². The summed E-state index contributed by atoms with van der Waals surface area (Å²) in [6, 6.07) is 9.36. The Morgan fingerprint density at radius 2 is 1.71 bits per heavy atom. The average Bonchev–Trinajstić information content (AvgIpc) is 2.98. The van der Waals surface area contributed by atoms with Crippen LogP contribution in [0, 0.1) is 11.7 Å². The van der Waals surface area contributed by atoms with E-state index in [9.17, 15) is 23.6 Å². The van der Waals surface area contributed by atoms with Gasteiger partial charge >= 0.3 is 0 Å². The molecule has 0 spiro atoms. The van der Waals surface area contributed by atoms with Crippen molar-refractivity contribution in [2.75, 3.05) is 55.6 Å². The van der Waals surface area contributed by atoms with E-state index in [1.807, 2.05) is 17.0 Å². The maximum absolute atomic E-state index is 14.6. The van der Waals surface area contributed by atoms with Crippen molar-refractivity contribution in [2.24, 2.45) is 11.7 Å². The molecule has 3 aromatic rings. The van der Waals surface area contributed by atoms with Gasteiger partial charge in [-0.2, -0.15) is 5.10 Å². The Labute approximate surface area is 242 Å². The molecule has 3 N–H and O–H groups in total. The van der Waals surface area contributed by atoms with Crippen LogP contribution in [0.4, 0.5) is 15.8 Å². The molecule has 12 heteroatoms. The summed E-state index contributed by atoms with van der Waals surface area (Å²) in [5.74, 6) is -1.33. The zero-order valence-corrected chi connectivity index (χ0v) is 23.3. The Balaban J connectivity index is 1.03. The predicted molar refractivity (Wildman–Crippen MR) is 156 cm³/mol. The molecule has 42 heavy (non-hydrogen) atoms. The second kappa shape index (κ2) is 11.5. The van der Waals surface area contributed by atoms with Crippen molar-refractivity contribution >= 4 is 39.9 Å². The van der Waals surface area contributed by atoms with Crippen molar-refractivity contribution in [3.05, 3.63) is 64.3 Å². The summed E-state index contributed by atoms with van der Waals surface area (Å²) < 4.78 is 15.7. The molecule has 220 valence electrons. The third-order valence-electron chi connectivity index (χ3n) is 8.74. The van der Waals surface area contributed by atoms with Crippen molar-refractivity contribution in [3.8, 4) is 0 Å². The topological polar surface area (TPSA) is 134 Å². The van der Waals surface area contributed by atoms with E-state index in [1.165, 1.54) is 10.7 Å². The molecule has 0 radical (unpaired) electrons. The quantitative estimate of drug-likeness (QED) is 0.424. The van der Waals surface area contributed by atoms with Crippen LogP contribution in [0.1, 0.15) is 42.1 Å². The first-order chi connectivity index (χ1) is 20.3. The Hall–Kier alpha value is -4.32. The number of nitrogens with zero attached hydrogens (tertiary/aromatic N) is 5. The van der Waals surface area contributed by atoms with Crippen LogP contribution in [-0.4, -0.2) is 78.2 Å². The van der Waals surface area contributed by atoms with Gasteiger partial charge in [-0.1, -0.05) is 0 Å². The van der Waals surface area contributed by atoms with Crippen molar-refractivity contribution < 1.29 is 18.8 Å². The number of halogens is 1. The lowest BCUT2D eigenvalue weighted by Gasteiger charge is -2.40. The van der Waals surface area contributed by atoms with Crippen LogP contribution in [0.2, 0.25) is 0 Å². The highest BCUT2D eigenvalue weighted by atomic mass is 19.1. The van der Waals surface area contributed by atoms with E-state index >= 15 is 0 Å². The van der Waals surface area contributed by atoms with Crippen molar-refractivity contribution in [3.63, 3.8) is 0 Å². The van der Waals surface area contributed by atoms with Gasteiger partial charge in [0, 0.05) is 68.9 Å². The maximum atomic E-state index is 14.6. The molecule has 4 heterocycles. The first-order valence-corrected chi connectivity index (χ1v) is 14.4. The Morgan fingerprint density at radius 1 is 0.952 bits per heavy atom. The Morgan fingerprint density at radius 3 is 2.40 bits per heavy atom. The van der Waals surface area contributed by atoms with E-state index in [0.29, 0.717) is 17.0 Å². The monoisotopic (exact) mass is 575 g/mol. The summed E-state index contributed by atoms with van der Waals surface area (Å²) in [5, 5.41) is 7.77. The number of hydrogen-bond donors (Lipinski definition) is 2. The van der Waals surface area contributed by atoms with E-state index in [-0.39, 0.29) is 29.9 Å². The van der Waals surface area contributed by atoms with Gasteiger partial charge in [-0.15, -0.1) is 0 Å². The fourth-order valence-corrected chi connectivity index (χ4v) is 6.31. The highest BCUT2D eigenvalue weighted by Gasteiger charge is 2.30. The lowest BCUT2D eigenvalue weighted by Crippen LogP contribution is -2.49. The molecule has 0 unspecified atom stereocenters. The number of hydrogen-bond acceptors (Lipinski definition) is 8. The lowest BCUT2D eigenvalue weighted by atomic mass is 9.95. The standard InChI is InChI=1S/C30H34FN7O4/c31-24-16-20(28(32)40)1-4-25(24)37-9-7-19(8-10-37)18-35-11-13-36(14-12-35)22-2-3-23-21(15-22)17-33-38(30(23)42)26-5-6-27(39)34-29(26)41/h1-4,15-17,19,26H,5-14,18H2,(H2,32,40)(H,34,39,41)/t26-/m1/s1. The molecule has 0 aliphatic carbocycles. The van der Waals surface area contributed by atoms with Gasteiger partial charge in [0.25, 0.3) is 11.5 Å². The molecule has 3 aliphatic heterocycles. The van der Waals surface area contributed by atoms with Crippen LogP contribution in [0.15, 0.2) is 47.4 Å². The van der Waals surface area contributed by atoms with Gasteiger partial charge in [0.2, 0.25) is 11.8 Å². The van der Waals surface area contributed by atoms with Crippen LogP contribution in [-0.2, 0) is 9.59 Å². The van der Waals surface area contributed by atoms with Gasteiger partial charge < -0.3 is 15.5 Å². The molecule has 6 rings (SSSR count). The zero-order chi connectivity index (χ0) is 29.4. The van der Waals surface area contributed by atoms with Gasteiger partial charge in [0.1, 0.15) is 11.9 Å². The number of nitrogens with two attached hydrogens (primary N) is 1. The van der Waals surface area contributed by atoms with E-state index in [1.54, 1.807) is 24.4 Å². The Kier molecular flexibility index (Phi) is 7.63. The minimum Gasteiger partial charge on any atom is -0.369 e. The van der Waals surface area contributed by atoms with Crippen molar-refractivity contribution in [2.45, 2.75) is 31.7 Å². The molecule has 3 aliphatic rings. The summed E-state index contributed by atoms with van der Waals surface area (Å²) in [6.45, 7) is 6.13. The Bertz CT molecular complexity index is 1590.